The molecular weight excluding hydrogens is 452 g/mol. The normalized spacial score (nSPS) is 11.4. The summed E-state index contributed by atoms with van der Waals surface area (Å²) in [5.41, 5.74) is 0.969. The van der Waals surface area contributed by atoms with Crippen LogP contribution < -0.4 is 5.56 Å². The fourth-order valence-corrected chi connectivity index (χ4v) is 5.86. The molecule has 7 nitrogen and oxygen atoms in total. The van der Waals surface area contributed by atoms with Crippen molar-refractivity contribution in [2.45, 2.75) is 17.7 Å². The van der Waals surface area contributed by atoms with Crippen molar-refractivity contribution >= 4 is 61.5 Å². The van der Waals surface area contributed by atoms with Crippen LogP contribution in [0.15, 0.2) is 51.6 Å². The Bertz CT molecular complexity index is 1510. The van der Waals surface area contributed by atoms with Gasteiger partial charge in [0.15, 0.2) is 5.82 Å². The number of thiophene rings is 2. The molecule has 10 heteroatoms. The number of thioether (sulfide) groups is 1. The summed E-state index contributed by atoms with van der Waals surface area (Å²) in [6, 6.07) is 11.7. The molecule has 0 fully saturated rings. The number of H-pyrrole nitrogens is 1. The largest absolute Gasteiger partial charge is 0.477 e. The number of fused-ring (bicyclic) bond motifs is 2. The molecule has 0 spiro atoms. The number of hydrogen-bond donors (Lipinski definition) is 2. The number of carboxylic acids is 1. The molecule has 0 aliphatic rings. The molecule has 0 bridgehead atoms. The standard InChI is InChI=1S/C21H14N4O3S3/c1-10-15-18(26)23-14(24-20(15)31-16(10)21(27)28)9-30-19-11-5-2-3-6-12(11)22-17(25-19)13-7-4-8-29-13/h2-8H,9H2,1H3,(H,27,28)(H,23,24,26). The van der Waals surface area contributed by atoms with Gasteiger partial charge in [0.2, 0.25) is 0 Å². The van der Waals surface area contributed by atoms with Crippen LogP contribution in [-0.4, -0.2) is 31.0 Å². The maximum atomic E-state index is 12.6. The molecule has 154 valence electrons. The van der Waals surface area contributed by atoms with E-state index < -0.39 is 5.97 Å². The Morgan fingerprint density at radius 3 is 2.77 bits per heavy atom. The molecule has 0 saturated carbocycles. The van der Waals surface area contributed by atoms with Gasteiger partial charge in [0.1, 0.15) is 20.6 Å². The monoisotopic (exact) mass is 466 g/mol. The van der Waals surface area contributed by atoms with Crippen LogP contribution in [0.5, 0.6) is 0 Å². The maximum absolute atomic E-state index is 12.6. The third kappa shape index (κ3) is 3.62. The Balaban J connectivity index is 1.53. The lowest BCUT2D eigenvalue weighted by Gasteiger charge is -2.07. The molecule has 0 radical (unpaired) electrons. The van der Waals surface area contributed by atoms with Crippen molar-refractivity contribution in [2.75, 3.05) is 0 Å². The van der Waals surface area contributed by atoms with Gasteiger partial charge in [-0.25, -0.2) is 19.7 Å². The lowest BCUT2D eigenvalue weighted by atomic mass is 10.2. The van der Waals surface area contributed by atoms with E-state index in [1.165, 1.54) is 11.8 Å². The SMILES string of the molecule is Cc1c(C(=O)O)sc2nc(CSc3nc(-c4cccs4)nc4ccccc34)[nH]c(=O)c12. The zero-order chi connectivity index (χ0) is 21.5. The summed E-state index contributed by atoms with van der Waals surface area (Å²) in [5, 5.41) is 13.4. The topological polar surface area (TPSA) is 109 Å². The fourth-order valence-electron chi connectivity index (χ4n) is 3.27. The second-order valence-electron chi connectivity index (χ2n) is 6.69. The van der Waals surface area contributed by atoms with Crippen LogP contribution in [0.3, 0.4) is 0 Å². The van der Waals surface area contributed by atoms with Gasteiger partial charge in [-0.1, -0.05) is 36.0 Å². The minimum atomic E-state index is -1.05. The van der Waals surface area contributed by atoms with Crippen molar-refractivity contribution in [3.05, 3.63) is 68.4 Å². The molecule has 0 aliphatic carbocycles. The molecule has 31 heavy (non-hydrogen) atoms. The molecule has 5 aromatic rings. The summed E-state index contributed by atoms with van der Waals surface area (Å²) in [7, 11) is 0. The number of para-hydroxylation sites is 1. The summed E-state index contributed by atoms with van der Waals surface area (Å²) < 4.78 is 0. The van der Waals surface area contributed by atoms with Crippen molar-refractivity contribution in [2.24, 2.45) is 0 Å². The second kappa shape index (κ2) is 7.88. The Labute approximate surface area is 187 Å². The maximum Gasteiger partial charge on any atom is 0.346 e. The number of carbonyl (C=O) groups is 1. The third-order valence-electron chi connectivity index (χ3n) is 4.70. The van der Waals surface area contributed by atoms with Gasteiger partial charge < -0.3 is 10.1 Å². The van der Waals surface area contributed by atoms with Crippen molar-refractivity contribution < 1.29 is 9.90 Å². The summed E-state index contributed by atoms with van der Waals surface area (Å²) in [4.78, 5) is 42.3. The van der Waals surface area contributed by atoms with E-state index >= 15 is 0 Å². The number of hydrogen-bond acceptors (Lipinski definition) is 8. The number of aromatic amines is 1. The predicted molar refractivity (Wildman–Crippen MR) is 124 cm³/mol. The smallest absolute Gasteiger partial charge is 0.346 e. The highest BCUT2D eigenvalue weighted by molar-refractivity contribution is 7.98. The molecule has 1 aromatic carbocycles. The highest BCUT2D eigenvalue weighted by atomic mass is 32.2. The number of rotatable bonds is 5. The van der Waals surface area contributed by atoms with Crippen molar-refractivity contribution in [1.29, 1.82) is 0 Å². The number of nitrogens with one attached hydrogen (secondary N) is 1. The number of aromatic nitrogens is 4. The minimum Gasteiger partial charge on any atom is -0.477 e. The lowest BCUT2D eigenvalue weighted by Crippen LogP contribution is -2.11. The first-order valence-electron chi connectivity index (χ1n) is 9.20. The average molecular weight is 467 g/mol. The van der Waals surface area contributed by atoms with Crippen molar-refractivity contribution in [3.8, 4) is 10.7 Å². The Morgan fingerprint density at radius 2 is 2.00 bits per heavy atom. The van der Waals surface area contributed by atoms with Crippen LogP contribution in [0, 0.1) is 6.92 Å². The number of aromatic carboxylic acids is 1. The summed E-state index contributed by atoms with van der Waals surface area (Å²) in [5.74, 6) is 0.466. The Morgan fingerprint density at radius 1 is 1.16 bits per heavy atom. The van der Waals surface area contributed by atoms with Crippen molar-refractivity contribution in [3.63, 3.8) is 0 Å². The van der Waals surface area contributed by atoms with E-state index in [4.69, 9.17) is 4.98 Å². The molecular formula is C21H14N4O3S3. The number of nitrogens with zero attached hydrogens (tertiary/aromatic N) is 3. The Kier molecular flexibility index (Phi) is 5.05. The predicted octanol–water partition coefficient (Wildman–Crippen LogP) is 4.96. The van der Waals surface area contributed by atoms with E-state index in [1.807, 2.05) is 41.8 Å². The zero-order valence-electron chi connectivity index (χ0n) is 16.1. The summed E-state index contributed by atoms with van der Waals surface area (Å²) >= 11 is 4.06. The quantitative estimate of drug-likeness (QED) is 0.278. The second-order valence-corrected chi connectivity index (χ2v) is 9.60. The van der Waals surface area contributed by atoms with Gasteiger partial charge >= 0.3 is 5.97 Å². The Hall–Kier alpha value is -3.08. The molecule has 4 aromatic heterocycles. The van der Waals surface area contributed by atoms with E-state index in [-0.39, 0.29) is 10.4 Å². The number of carboxylic acid groups (broad SMARTS) is 1. The van der Waals surface area contributed by atoms with E-state index in [1.54, 1.807) is 18.3 Å². The van der Waals surface area contributed by atoms with Gasteiger partial charge in [-0.3, -0.25) is 4.79 Å². The van der Waals surface area contributed by atoms with Crippen LogP contribution in [0.25, 0.3) is 31.8 Å². The summed E-state index contributed by atoms with van der Waals surface area (Å²) in [6.45, 7) is 1.63. The van der Waals surface area contributed by atoms with Crippen LogP contribution >= 0.6 is 34.4 Å². The lowest BCUT2D eigenvalue weighted by molar-refractivity contribution is 0.0701. The molecule has 0 amide bonds. The first-order valence-corrected chi connectivity index (χ1v) is 11.9. The highest BCUT2D eigenvalue weighted by Crippen LogP contribution is 2.32. The minimum absolute atomic E-state index is 0.139. The van der Waals surface area contributed by atoms with Crippen LogP contribution in [0.1, 0.15) is 21.1 Å². The number of aryl methyl sites for hydroxylation is 1. The van der Waals surface area contributed by atoms with Gasteiger partial charge in [0.25, 0.3) is 5.56 Å². The van der Waals surface area contributed by atoms with Gasteiger partial charge in [0, 0.05) is 5.39 Å². The first kappa shape index (κ1) is 19.9. The van der Waals surface area contributed by atoms with Crippen LogP contribution in [0.2, 0.25) is 0 Å². The van der Waals surface area contributed by atoms with Crippen LogP contribution in [-0.2, 0) is 5.75 Å². The van der Waals surface area contributed by atoms with E-state index in [9.17, 15) is 14.7 Å². The van der Waals surface area contributed by atoms with Crippen LogP contribution in [0.4, 0.5) is 0 Å². The van der Waals surface area contributed by atoms with E-state index in [2.05, 4.69) is 15.0 Å². The number of benzene rings is 1. The van der Waals surface area contributed by atoms with Crippen molar-refractivity contribution in [1.82, 2.24) is 19.9 Å². The first-order chi connectivity index (χ1) is 15.0. The third-order valence-corrected chi connectivity index (χ3v) is 7.74. The summed E-state index contributed by atoms with van der Waals surface area (Å²) in [6.07, 6.45) is 0. The molecule has 0 unspecified atom stereocenters. The molecule has 0 atom stereocenters. The molecule has 2 N–H and O–H groups in total. The molecule has 0 aliphatic heterocycles. The molecule has 4 heterocycles. The van der Waals surface area contributed by atoms with Gasteiger partial charge in [-0.15, -0.1) is 22.7 Å². The fraction of sp³-hybridized carbons (Fsp3) is 0.0952. The molecule has 0 saturated heterocycles. The van der Waals surface area contributed by atoms with Gasteiger partial charge in [0.05, 0.1) is 21.5 Å². The van der Waals surface area contributed by atoms with E-state index in [0.717, 1.165) is 32.1 Å². The van der Waals surface area contributed by atoms with Gasteiger partial charge in [-0.2, -0.15) is 0 Å². The average Bonchev–Trinajstić information content (AvgIpc) is 3.40. The highest BCUT2D eigenvalue weighted by Gasteiger charge is 2.19. The van der Waals surface area contributed by atoms with Gasteiger partial charge in [-0.05, 0) is 30.0 Å². The van der Waals surface area contributed by atoms with E-state index in [0.29, 0.717) is 33.2 Å². The molecule has 5 rings (SSSR count). The zero-order valence-corrected chi connectivity index (χ0v) is 18.5.